The van der Waals surface area contributed by atoms with Crippen LogP contribution in [0.1, 0.15) is 11.1 Å². The van der Waals surface area contributed by atoms with E-state index < -0.39 is 11.7 Å². The molecule has 9 heteroatoms. The van der Waals surface area contributed by atoms with E-state index in [2.05, 4.69) is 9.97 Å². The summed E-state index contributed by atoms with van der Waals surface area (Å²) < 4.78 is 44.5. The van der Waals surface area contributed by atoms with Crippen molar-refractivity contribution in [3.8, 4) is 11.9 Å². The average Bonchev–Trinajstić information content (AvgIpc) is 2.67. The van der Waals surface area contributed by atoms with Gasteiger partial charge in [0.25, 0.3) is 0 Å². The number of anilines is 2. The van der Waals surface area contributed by atoms with Crippen LogP contribution in [0.4, 0.5) is 24.7 Å². The third-order valence-electron chi connectivity index (χ3n) is 4.23. The van der Waals surface area contributed by atoms with E-state index in [1.807, 2.05) is 9.80 Å². The third kappa shape index (κ3) is 3.64. The first-order valence-corrected chi connectivity index (χ1v) is 7.89. The second-order valence-electron chi connectivity index (χ2n) is 5.73. The summed E-state index contributed by atoms with van der Waals surface area (Å²) in [6, 6.07) is 7.14. The zero-order valence-electron chi connectivity index (χ0n) is 14.0. The lowest BCUT2D eigenvalue weighted by Crippen LogP contribution is -2.46. The highest BCUT2D eigenvalue weighted by molar-refractivity contribution is 5.56. The van der Waals surface area contributed by atoms with Crippen LogP contribution in [0, 0.1) is 11.3 Å². The summed E-state index contributed by atoms with van der Waals surface area (Å²) in [6.45, 7) is 2.27. The van der Waals surface area contributed by atoms with E-state index in [9.17, 15) is 13.2 Å². The maximum absolute atomic E-state index is 13.1. The largest absolute Gasteiger partial charge is 0.481 e. The first-order chi connectivity index (χ1) is 12.4. The van der Waals surface area contributed by atoms with Crippen LogP contribution in [0.5, 0.6) is 5.88 Å². The van der Waals surface area contributed by atoms with Gasteiger partial charge >= 0.3 is 6.18 Å². The second kappa shape index (κ2) is 7.07. The summed E-state index contributed by atoms with van der Waals surface area (Å²) in [5.41, 5.74) is -0.815. The third-order valence-corrected chi connectivity index (χ3v) is 4.23. The maximum Gasteiger partial charge on any atom is 0.417 e. The van der Waals surface area contributed by atoms with Gasteiger partial charge in [-0.2, -0.15) is 18.4 Å². The molecule has 6 nitrogen and oxygen atoms in total. The molecule has 1 aromatic carbocycles. The molecule has 0 saturated carbocycles. The van der Waals surface area contributed by atoms with E-state index in [0.717, 1.165) is 6.07 Å². The minimum absolute atomic E-state index is 0.368. The monoisotopic (exact) mass is 363 g/mol. The molecule has 0 bridgehead atoms. The van der Waals surface area contributed by atoms with E-state index in [0.29, 0.717) is 43.6 Å². The van der Waals surface area contributed by atoms with Crippen LogP contribution in [0.15, 0.2) is 30.6 Å². The van der Waals surface area contributed by atoms with Crippen LogP contribution in [0.2, 0.25) is 0 Å². The van der Waals surface area contributed by atoms with Crippen molar-refractivity contribution in [2.45, 2.75) is 6.18 Å². The Morgan fingerprint density at radius 3 is 2.38 bits per heavy atom. The van der Waals surface area contributed by atoms with E-state index in [1.165, 1.54) is 19.5 Å². The molecule has 3 rings (SSSR count). The number of piperazine rings is 1. The number of ether oxygens (including phenoxy) is 1. The van der Waals surface area contributed by atoms with Crippen molar-refractivity contribution in [1.82, 2.24) is 9.97 Å². The SMILES string of the molecule is COc1cc(N2CCN(c3ccc(C#N)c(C(F)(F)F)c3)CC2)ncn1. The lowest BCUT2D eigenvalue weighted by Gasteiger charge is -2.37. The summed E-state index contributed by atoms with van der Waals surface area (Å²) in [5.74, 6) is 1.17. The molecule has 0 unspecified atom stereocenters. The number of halogens is 3. The minimum Gasteiger partial charge on any atom is -0.481 e. The molecule has 0 aliphatic carbocycles. The molecule has 1 aliphatic rings. The van der Waals surface area contributed by atoms with E-state index in [-0.39, 0.29) is 5.56 Å². The van der Waals surface area contributed by atoms with Gasteiger partial charge < -0.3 is 14.5 Å². The standard InChI is InChI=1S/C17H16F3N5O/c1-26-16-9-15(22-11-23-16)25-6-4-24(5-7-25)13-3-2-12(10-21)14(8-13)17(18,19)20/h2-3,8-9,11H,4-7H2,1H3. The zero-order valence-corrected chi connectivity index (χ0v) is 14.0. The van der Waals surface area contributed by atoms with Crippen molar-refractivity contribution in [3.05, 3.63) is 41.7 Å². The number of aromatic nitrogens is 2. The predicted molar refractivity (Wildman–Crippen MR) is 89.2 cm³/mol. The van der Waals surface area contributed by atoms with Crippen LogP contribution in [-0.4, -0.2) is 43.3 Å². The second-order valence-corrected chi connectivity index (χ2v) is 5.73. The van der Waals surface area contributed by atoms with E-state index >= 15 is 0 Å². The van der Waals surface area contributed by atoms with Crippen molar-refractivity contribution in [2.24, 2.45) is 0 Å². The molecule has 0 spiro atoms. The molecule has 0 radical (unpaired) electrons. The Morgan fingerprint density at radius 1 is 1.08 bits per heavy atom. The quantitative estimate of drug-likeness (QED) is 0.835. The molecule has 1 fully saturated rings. The topological polar surface area (TPSA) is 65.3 Å². The number of alkyl halides is 3. The van der Waals surface area contributed by atoms with Crippen molar-refractivity contribution in [3.63, 3.8) is 0 Å². The highest BCUT2D eigenvalue weighted by atomic mass is 19.4. The zero-order chi connectivity index (χ0) is 18.7. The van der Waals surface area contributed by atoms with Crippen LogP contribution in [0.25, 0.3) is 0 Å². The number of nitriles is 1. The summed E-state index contributed by atoms with van der Waals surface area (Å²) in [4.78, 5) is 12.1. The van der Waals surface area contributed by atoms with E-state index in [4.69, 9.17) is 10.00 Å². The van der Waals surface area contributed by atoms with Crippen molar-refractivity contribution < 1.29 is 17.9 Å². The van der Waals surface area contributed by atoms with Gasteiger partial charge in [0.15, 0.2) is 0 Å². The van der Waals surface area contributed by atoms with Crippen LogP contribution < -0.4 is 14.5 Å². The van der Waals surface area contributed by atoms with Gasteiger partial charge in [-0.25, -0.2) is 9.97 Å². The van der Waals surface area contributed by atoms with Crippen molar-refractivity contribution >= 4 is 11.5 Å². The Labute approximate surface area is 148 Å². The molecule has 2 heterocycles. The highest BCUT2D eigenvalue weighted by Crippen LogP contribution is 2.34. The molecule has 0 N–H and O–H groups in total. The fraction of sp³-hybridized carbons (Fsp3) is 0.353. The van der Waals surface area contributed by atoms with Gasteiger partial charge in [-0.05, 0) is 18.2 Å². The van der Waals surface area contributed by atoms with Gasteiger partial charge in [0.2, 0.25) is 5.88 Å². The minimum atomic E-state index is -4.56. The molecule has 0 amide bonds. The Hall–Kier alpha value is -3.02. The van der Waals surface area contributed by atoms with Crippen LogP contribution in [-0.2, 0) is 6.18 Å². The highest BCUT2D eigenvalue weighted by Gasteiger charge is 2.34. The van der Waals surface area contributed by atoms with Gasteiger partial charge in [0.1, 0.15) is 12.1 Å². The van der Waals surface area contributed by atoms with Crippen molar-refractivity contribution in [2.75, 3.05) is 43.1 Å². The average molecular weight is 363 g/mol. The van der Waals surface area contributed by atoms with Gasteiger partial charge in [-0.15, -0.1) is 0 Å². The molecule has 2 aromatic rings. The molecular weight excluding hydrogens is 347 g/mol. The summed E-state index contributed by atoms with van der Waals surface area (Å²) in [7, 11) is 1.52. The summed E-state index contributed by atoms with van der Waals surface area (Å²) in [6.07, 6.45) is -3.14. The summed E-state index contributed by atoms with van der Waals surface area (Å²) in [5, 5.41) is 8.89. The Kier molecular flexibility index (Phi) is 4.84. The number of methoxy groups -OCH3 is 1. The maximum atomic E-state index is 13.1. The normalized spacial score (nSPS) is 14.9. The number of hydrogen-bond acceptors (Lipinski definition) is 6. The fourth-order valence-corrected chi connectivity index (χ4v) is 2.87. The van der Waals surface area contributed by atoms with Gasteiger partial charge in [-0.1, -0.05) is 0 Å². The van der Waals surface area contributed by atoms with Crippen LogP contribution in [0.3, 0.4) is 0 Å². The molecule has 1 aromatic heterocycles. The number of benzene rings is 1. The molecular formula is C17H16F3N5O. The predicted octanol–water partition coefficient (Wildman–Crippen LogP) is 2.70. The molecule has 136 valence electrons. The van der Waals surface area contributed by atoms with Gasteiger partial charge in [-0.3, -0.25) is 0 Å². The van der Waals surface area contributed by atoms with Gasteiger partial charge in [0, 0.05) is 37.9 Å². The Bertz CT molecular complexity index is 826. The Morgan fingerprint density at radius 2 is 1.77 bits per heavy atom. The van der Waals surface area contributed by atoms with Gasteiger partial charge in [0.05, 0.1) is 24.3 Å². The number of nitrogens with zero attached hydrogens (tertiary/aromatic N) is 5. The lowest BCUT2D eigenvalue weighted by molar-refractivity contribution is -0.137. The van der Waals surface area contributed by atoms with E-state index in [1.54, 1.807) is 18.2 Å². The molecule has 26 heavy (non-hydrogen) atoms. The fourth-order valence-electron chi connectivity index (χ4n) is 2.87. The number of rotatable bonds is 3. The smallest absolute Gasteiger partial charge is 0.417 e. The molecule has 1 saturated heterocycles. The molecule has 1 aliphatic heterocycles. The first-order valence-electron chi connectivity index (χ1n) is 7.89. The van der Waals surface area contributed by atoms with Crippen molar-refractivity contribution in [1.29, 1.82) is 5.26 Å². The Balaban J connectivity index is 1.75. The summed E-state index contributed by atoms with van der Waals surface area (Å²) >= 11 is 0. The lowest BCUT2D eigenvalue weighted by atomic mass is 10.1. The number of hydrogen-bond donors (Lipinski definition) is 0. The van der Waals surface area contributed by atoms with Crippen LogP contribution >= 0.6 is 0 Å². The first kappa shape index (κ1) is 17.8. The molecule has 0 atom stereocenters.